The first-order valence-electron chi connectivity index (χ1n) is 4.54. The minimum absolute atomic E-state index is 0.769. The van der Waals surface area contributed by atoms with E-state index < -0.39 is 8.07 Å². The van der Waals surface area contributed by atoms with Gasteiger partial charge in [-0.1, -0.05) is 18.8 Å². The van der Waals surface area contributed by atoms with Crippen molar-refractivity contribution in [1.29, 1.82) is 0 Å². The highest BCUT2D eigenvalue weighted by molar-refractivity contribution is 6.82. The van der Waals surface area contributed by atoms with Crippen molar-refractivity contribution in [3.8, 4) is 0 Å². The number of unbranched alkanes of at least 4 members (excludes halogenated alkanes) is 1. The van der Waals surface area contributed by atoms with Crippen LogP contribution in [0.4, 0.5) is 0 Å². The second-order valence-corrected chi connectivity index (χ2v) is 8.42. The lowest BCUT2D eigenvalue weighted by atomic mass is 10.3. The van der Waals surface area contributed by atoms with E-state index in [9.17, 15) is 0 Å². The van der Waals surface area contributed by atoms with Gasteiger partial charge in [-0.2, -0.15) is 0 Å². The fourth-order valence-corrected chi connectivity index (χ4v) is 1.53. The van der Waals surface area contributed by atoms with E-state index in [1.54, 1.807) is 0 Å². The molecule has 2 N–H and O–H groups in total. The summed E-state index contributed by atoms with van der Waals surface area (Å²) in [6.07, 6.45) is 3.04. The molecule has 0 spiro atoms. The van der Waals surface area contributed by atoms with Crippen molar-refractivity contribution in [2.75, 3.05) is 19.4 Å². The van der Waals surface area contributed by atoms with E-state index in [2.05, 4.69) is 25.4 Å². The van der Waals surface area contributed by atoms with Gasteiger partial charge < -0.3 is 10.5 Å². The average Bonchev–Trinajstić information content (AvgIpc) is 2.04. The Bertz CT molecular complexity index is 126. The molecule has 0 aromatic heterocycles. The van der Waals surface area contributed by atoms with Gasteiger partial charge in [-0.05, 0) is 19.4 Å². The normalized spacial score (nSPS) is 11.6. The standard InChI is InChI=1S/C9H21NOSi/c1-4-12(2,3)9-11-8-6-5-7-10/h4H,1,5-10H2,2-3H3. The first kappa shape index (κ1) is 11.9. The minimum Gasteiger partial charge on any atom is -0.384 e. The minimum atomic E-state index is -1.23. The summed E-state index contributed by atoms with van der Waals surface area (Å²) in [5, 5.41) is 0. The molecule has 2 nitrogen and oxygen atoms in total. The third-order valence-electron chi connectivity index (χ3n) is 1.77. The van der Waals surface area contributed by atoms with Crippen molar-refractivity contribution in [3.05, 3.63) is 12.3 Å². The summed E-state index contributed by atoms with van der Waals surface area (Å²) in [7, 11) is -1.23. The Morgan fingerprint density at radius 2 is 2.08 bits per heavy atom. The van der Waals surface area contributed by atoms with Gasteiger partial charge in [0.2, 0.25) is 0 Å². The monoisotopic (exact) mass is 187 g/mol. The van der Waals surface area contributed by atoms with Crippen molar-refractivity contribution in [2.45, 2.75) is 25.9 Å². The van der Waals surface area contributed by atoms with Gasteiger partial charge in [0.15, 0.2) is 0 Å². The van der Waals surface area contributed by atoms with Crippen molar-refractivity contribution in [3.63, 3.8) is 0 Å². The van der Waals surface area contributed by atoms with Gasteiger partial charge in [-0.25, -0.2) is 0 Å². The molecule has 0 atom stereocenters. The largest absolute Gasteiger partial charge is 0.384 e. The van der Waals surface area contributed by atoms with Crippen molar-refractivity contribution < 1.29 is 4.74 Å². The van der Waals surface area contributed by atoms with E-state index in [4.69, 9.17) is 10.5 Å². The molecule has 72 valence electrons. The van der Waals surface area contributed by atoms with Gasteiger partial charge in [0.25, 0.3) is 0 Å². The van der Waals surface area contributed by atoms with Crippen molar-refractivity contribution in [2.24, 2.45) is 5.73 Å². The number of hydrogen-bond acceptors (Lipinski definition) is 2. The summed E-state index contributed by atoms with van der Waals surface area (Å²) < 4.78 is 5.53. The van der Waals surface area contributed by atoms with E-state index >= 15 is 0 Å². The van der Waals surface area contributed by atoms with Crippen LogP contribution in [0.3, 0.4) is 0 Å². The lowest BCUT2D eigenvalue weighted by molar-refractivity contribution is 0.169. The molecule has 0 bridgehead atoms. The molecule has 0 aliphatic heterocycles. The molecule has 0 saturated heterocycles. The Morgan fingerprint density at radius 3 is 2.58 bits per heavy atom. The van der Waals surface area contributed by atoms with Crippen LogP contribution in [0.2, 0.25) is 13.1 Å². The van der Waals surface area contributed by atoms with E-state index in [-0.39, 0.29) is 0 Å². The predicted molar refractivity (Wildman–Crippen MR) is 56.8 cm³/mol. The van der Waals surface area contributed by atoms with Crippen LogP contribution in [0.15, 0.2) is 12.3 Å². The smallest absolute Gasteiger partial charge is 0.100 e. The van der Waals surface area contributed by atoms with Gasteiger partial charge >= 0.3 is 0 Å². The van der Waals surface area contributed by atoms with Crippen molar-refractivity contribution >= 4 is 8.07 Å². The van der Waals surface area contributed by atoms with Crippen LogP contribution in [0.1, 0.15) is 12.8 Å². The third kappa shape index (κ3) is 6.58. The molecule has 0 aromatic carbocycles. The SMILES string of the molecule is C=C[Si](C)(C)COCCCCN. The number of hydrogen-bond donors (Lipinski definition) is 1. The first-order valence-corrected chi connectivity index (χ1v) is 7.82. The van der Waals surface area contributed by atoms with E-state index in [0.717, 1.165) is 32.2 Å². The molecule has 3 heteroatoms. The quantitative estimate of drug-likeness (QED) is 0.486. The lowest BCUT2D eigenvalue weighted by Crippen LogP contribution is -2.30. The maximum Gasteiger partial charge on any atom is 0.100 e. The highest BCUT2D eigenvalue weighted by Crippen LogP contribution is 2.03. The molecule has 0 fully saturated rings. The van der Waals surface area contributed by atoms with E-state index in [0.29, 0.717) is 0 Å². The summed E-state index contributed by atoms with van der Waals surface area (Å²) in [5.41, 5.74) is 7.43. The third-order valence-corrected chi connectivity index (χ3v) is 3.82. The van der Waals surface area contributed by atoms with Crippen LogP contribution in [0, 0.1) is 0 Å². The Kier molecular flexibility index (Phi) is 6.33. The topological polar surface area (TPSA) is 35.2 Å². The molecular formula is C9H21NOSi. The van der Waals surface area contributed by atoms with Crippen LogP contribution >= 0.6 is 0 Å². The Hall–Kier alpha value is -0.123. The summed E-state index contributed by atoms with van der Waals surface area (Å²) in [5.74, 6) is 0. The summed E-state index contributed by atoms with van der Waals surface area (Å²) in [4.78, 5) is 0. The van der Waals surface area contributed by atoms with Gasteiger partial charge in [0, 0.05) is 12.8 Å². The van der Waals surface area contributed by atoms with E-state index in [1.807, 2.05) is 0 Å². The van der Waals surface area contributed by atoms with Crippen LogP contribution in [0.5, 0.6) is 0 Å². The average molecular weight is 187 g/mol. The Balaban J connectivity index is 3.25. The first-order chi connectivity index (χ1) is 5.62. The van der Waals surface area contributed by atoms with Crippen LogP contribution in [-0.4, -0.2) is 27.5 Å². The molecule has 0 heterocycles. The van der Waals surface area contributed by atoms with Crippen molar-refractivity contribution in [1.82, 2.24) is 0 Å². The zero-order chi connectivity index (χ0) is 9.45. The molecule has 0 aliphatic rings. The van der Waals surface area contributed by atoms with Crippen LogP contribution in [0.25, 0.3) is 0 Å². The number of nitrogens with two attached hydrogens (primary N) is 1. The van der Waals surface area contributed by atoms with Gasteiger partial charge in [0.1, 0.15) is 8.07 Å². The molecule has 0 aromatic rings. The molecule has 12 heavy (non-hydrogen) atoms. The van der Waals surface area contributed by atoms with E-state index in [1.165, 1.54) is 0 Å². The zero-order valence-corrected chi connectivity index (χ0v) is 9.31. The molecule has 0 radical (unpaired) electrons. The fraction of sp³-hybridized carbons (Fsp3) is 0.778. The van der Waals surface area contributed by atoms with Gasteiger partial charge in [0.05, 0.1) is 0 Å². The van der Waals surface area contributed by atoms with Crippen LogP contribution in [-0.2, 0) is 4.74 Å². The molecule has 0 aliphatic carbocycles. The summed E-state index contributed by atoms with van der Waals surface area (Å²) in [6.45, 7) is 9.93. The Labute approximate surface area is 76.8 Å². The molecular weight excluding hydrogens is 166 g/mol. The maximum absolute atomic E-state index is 5.53. The molecule has 0 saturated carbocycles. The second-order valence-electron chi connectivity index (χ2n) is 3.74. The van der Waals surface area contributed by atoms with Crippen LogP contribution < -0.4 is 5.73 Å². The predicted octanol–water partition coefficient (Wildman–Crippen LogP) is 1.71. The fourth-order valence-electron chi connectivity index (χ4n) is 0.743. The molecule has 0 unspecified atom stereocenters. The molecule has 0 rings (SSSR count). The van der Waals surface area contributed by atoms with Gasteiger partial charge in [-0.15, -0.1) is 6.58 Å². The van der Waals surface area contributed by atoms with Gasteiger partial charge in [-0.3, -0.25) is 0 Å². The molecule has 0 amide bonds. The summed E-state index contributed by atoms with van der Waals surface area (Å²) in [6, 6.07) is 0. The lowest BCUT2D eigenvalue weighted by Gasteiger charge is -2.16. The second kappa shape index (κ2) is 6.40. The summed E-state index contributed by atoms with van der Waals surface area (Å²) >= 11 is 0. The number of rotatable bonds is 7. The highest BCUT2D eigenvalue weighted by atomic mass is 28.3. The number of ether oxygens (including phenoxy) is 1. The zero-order valence-electron chi connectivity index (χ0n) is 8.31. The Morgan fingerprint density at radius 1 is 1.42 bits per heavy atom. The highest BCUT2D eigenvalue weighted by Gasteiger charge is 2.15. The maximum atomic E-state index is 5.53.